The van der Waals surface area contributed by atoms with Gasteiger partial charge in [0.1, 0.15) is 5.82 Å². The Balaban J connectivity index is 2.36. The summed E-state index contributed by atoms with van der Waals surface area (Å²) in [6, 6.07) is 4.01. The SMILES string of the molecule is Cn1c(-c2ccc[nH]2)cnc1CCN. The van der Waals surface area contributed by atoms with Gasteiger partial charge >= 0.3 is 0 Å². The number of hydrogen-bond acceptors (Lipinski definition) is 2. The first-order valence-corrected chi connectivity index (χ1v) is 4.67. The van der Waals surface area contributed by atoms with Gasteiger partial charge in [0.05, 0.1) is 17.6 Å². The van der Waals surface area contributed by atoms with E-state index in [1.165, 1.54) is 0 Å². The molecule has 0 amide bonds. The minimum Gasteiger partial charge on any atom is -0.360 e. The third-order valence-electron chi connectivity index (χ3n) is 2.33. The zero-order valence-electron chi connectivity index (χ0n) is 8.20. The second-order valence-corrected chi connectivity index (χ2v) is 3.24. The first-order chi connectivity index (χ1) is 6.83. The summed E-state index contributed by atoms with van der Waals surface area (Å²) in [5, 5.41) is 0. The summed E-state index contributed by atoms with van der Waals surface area (Å²) in [5.74, 6) is 1.03. The van der Waals surface area contributed by atoms with Crippen molar-refractivity contribution in [1.82, 2.24) is 14.5 Å². The second-order valence-electron chi connectivity index (χ2n) is 3.24. The van der Waals surface area contributed by atoms with E-state index in [-0.39, 0.29) is 0 Å². The monoisotopic (exact) mass is 190 g/mol. The van der Waals surface area contributed by atoms with Crippen LogP contribution in [0, 0.1) is 0 Å². The number of hydrogen-bond donors (Lipinski definition) is 2. The van der Waals surface area contributed by atoms with Crippen LogP contribution in [0.2, 0.25) is 0 Å². The molecule has 0 aliphatic carbocycles. The van der Waals surface area contributed by atoms with Crippen LogP contribution in [0.4, 0.5) is 0 Å². The average molecular weight is 190 g/mol. The number of imidazole rings is 1. The summed E-state index contributed by atoms with van der Waals surface area (Å²) < 4.78 is 2.07. The molecule has 0 saturated heterocycles. The van der Waals surface area contributed by atoms with Gasteiger partial charge in [0.25, 0.3) is 0 Å². The molecule has 0 unspecified atom stereocenters. The van der Waals surface area contributed by atoms with Crippen LogP contribution in [0.5, 0.6) is 0 Å². The summed E-state index contributed by atoms with van der Waals surface area (Å²) >= 11 is 0. The summed E-state index contributed by atoms with van der Waals surface area (Å²) in [5.41, 5.74) is 7.68. The van der Waals surface area contributed by atoms with Gasteiger partial charge in [-0.3, -0.25) is 0 Å². The van der Waals surface area contributed by atoms with Crippen molar-refractivity contribution in [1.29, 1.82) is 0 Å². The highest BCUT2D eigenvalue weighted by Gasteiger charge is 2.07. The van der Waals surface area contributed by atoms with Gasteiger partial charge in [0, 0.05) is 19.7 Å². The zero-order chi connectivity index (χ0) is 9.97. The molecular weight excluding hydrogens is 176 g/mol. The molecule has 0 radical (unpaired) electrons. The number of aromatic amines is 1. The molecule has 0 spiro atoms. The van der Waals surface area contributed by atoms with Crippen molar-refractivity contribution in [2.75, 3.05) is 6.54 Å². The van der Waals surface area contributed by atoms with Crippen molar-refractivity contribution in [2.45, 2.75) is 6.42 Å². The van der Waals surface area contributed by atoms with Crippen LogP contribution in [0.1, 0.15) is 5.82 Å². The van der Waals surface area contributed by atoms with Gasteiger partial charge in [-0.1, -0.05) is 0 Å². The molecule has 0 fully saturated rings. The van der Waals surface area contributed by atoms with Crippen LogP contribution in [-0.2, 0) is 13.5 Å². The number of H-pyrrole nitrogens is 1. The molecule has 4 nitrogen and oxygen atoms in total. The molecule has 0 aromatic carbocycles. The first-order valence-electron chi connectivity index (χ1n) is 4.67. The molecule has 0 aliphatic heterocycles. The highest BCUT2D eigenvalue weighted by Crippen LogP contribution is 2.17. The maximum atomic E-state index is 5.50. The van der Waals surface area contributed by atoms with Crippen LogP contribution in [0.3, 0.4) is 0 Å². The van der Waals surface area contributed by atoms with Crippen molar-refractivity contribution in [3.05, 3.63) is 30.4 Å². The summed E-state index contributed by atoms with van der Waals surface area (Å²) in [6.45, 7) is 0.634. The van der Waals surface area contributed by atoms with Gasteiger partial charge in [-0.2, -0.15) is 0 Å². The fourth-order valence-corrected chi connectivity index (χ4v) is 1.55. The van der Waals surface area contributed by atoms with E-state index in [1.807, 2.05) is 31.6 Å². The van der Waals surface area contributed by atoms with E-state index in [0.29, 0.717) is 6.54 Å². The number of nitrogens with zero attached hydrogens (tertiary/aromatic N) is 2. The fraction of sp³-hybridized carbons (Fsp3) is 0.300. The number of aromatic nitrogens is 3. The lowest BCUT2D eigenvalue weighted by atomic mass is 10.3. The molecule has 2 rings (SSSR count). The van der Waals surface area contributed by atoms with Gasteiger partial charge in [-0.05, 0) is 18.7 Å². The second kappa shape index (κ2) is 3.67. The van der Waals surface area contributed by atoms with Gasteiger partial charge in [0.2, 0.25) is 0 Å². The Bertz CT molecular complexity index is 400. The number of nitrogens with one attached hydrogen (secondary N) is 1. The van der Waals surface area contributed by atoms with Gasteiger partial charge in [-0.15, -0.1) is 0 Å². The Kier molecular flexibility index (Phi) is 2.37. The predicted molar refractivity (Wildman–Crippen MR) is 55.8 cm³/mol. The van der Waals surface area contributed by atoms with Crippen LogP contribution in [0.25, 0.3) is 11.4 Å². The molecule has 0 atom stereocenters. The Morgan fingerprint density at radius 3 is 3.07 bits per heavy atom. The van der Waals surface area contributed by atoms with E-state index in [2.05, 4.69) is 14.5 Å². The Morgan fingerprint density at radius 2 is 2.43 bits per heavy atom. The lowest BCUT2D eigenvalue weighted by Crippen LogP contribution is -2.08. The maximum Gasteiger partial charge on any atom is 0.110 e. The van der Waals surface area contributed by atoms with E-state index < -0.39 is 0 Å². The molecule has 2 aromatic heterocycles. The van der Waals surface area contributed by atoms with E-state index in [0.717, 1.165) is 23.6 Å². The predicted octanol–water partition coefficient (Wildman–Crippen LogP) is 0.916. The molecule has 2 aromatic rings. The molecule has 0 aliphatic rings. The maximum absolute atomic E-state index is 5.50. The molecule has 4 heteroatoms. The van der Waals surface area contributed by atoms with E-state index in [9.17, 15) is 0 Å². The van der Waals surface area contributed by atoms with Crippen molar-refractivity contribution in [3.8, 4) is 11.4 Å². The number of nitrogens with two attached hydrogens (primary N) is 1. The molecular formula is C10H14N4. The number of rotatable bonds is 3. The molecule has 2 heterocycles. The normalized spacial score (nSPS) is 10.7. The highest BCUT2D eigenvalue weighted by atomic mass is 15.1. The molecule has 74 valence electrons. The quantitative estimate of drug-likeness (QED) is 0.756. The molecule has 0 bridgehead atoms. The van der Waals surface area contributed by atoms with Crippen molar-refractivity contribution >= 4 is 0 Å². The Labute approximate surface area is 82.8 Å². The van der Waals surface area contributed by atoms with Gasteiger partial charge in [-0.25, -0.2) is 4.98 Å². The minimum absolute atomic E-state index is 0.634. The van der Waals surface area contributed by atoms with E-state index in [4.69, 9.17) is 5.73 Å². The average Bonchev–Trinajstić information content (AvgIpc) is 2.77. The highest BCUT2D eigenvalue weighted by molar-refractivity contribution is 5.54. The zero-order valence-corrected chi connectivity index (χ0v) is 8.20. The van der Waals surface area contributed by atoms with E-state index in [1.54, 1.807) is 0 Å². The third-order valence-corrected chi connectivity index (χ3v) is 2.33. The third kappa shape index (κ3) is 1.44. The lowest BCUT2D eigenvalue weighted by molar-refractivity contribution is 0.781. The standard InChI is InChI=1S/C10H14N4/c1-14-9(8-3-2-6-12-8)7-13-10(14)4-5-11/h2-3,6-7,12H,4-5,11H2,1H3. The van der Waals surface area contributed by atoms with E-state index >= 15 is 0 Å². The van der Waals surface area contributed by atoms with Crippen LogP contribution in [0.15, 0.2) is 24.5 Å². The van der Waals surface area contributed by atoms with Gasteiger partial charge < -0.3 is 15.3 Å². The molecule has 0 saturated carbocycles. The smallest absolute Gasteiger partial charge is 0.110 e. The fourth-order valence-electron chi connectivity index (χ4n) is 1.55. The summed E-state index contributed by atoms with van der Waals surface area (Å²) in [6.07, 6.45) is 4.60. The lowest BCUT2D eigenvalue weighted by Gasteiger charge is -2.03. The van der Waals surface area contributed by atoms with Crippen molar-refractivity contribution < 1.29 is 0 Å². The first kappa shape index (κ1) is 9.02. The topological polar surface area (TPSA) is 59.6 Å². The molecule has 14 heavy (non-hydrogen) atoms. The van der Waals surface area contributed by atoms with Crippen LogP contribution < -0.4 is 5.73 Å². The van der Waals surface area contributed by atoms with Gasteiger partial charge in [0.15, 0.2) is 0 Å². The van der Waals surface area contributed by atoms with Crippen LogP contribution in [-0.4, -0.2) is 21.1 Å². The Hall–Kier alpha value is -1.55. The minimum atomic E-state index is 0.634. The Morgan fingerprint density at radius 1 is 1.57 bits per heavy atom. The summed E-state index contributed by atoms with van der Waals surface area (Å²) in [7, 11) is 2.01. The molecule has 3 N–H and O–H groups in total. The largest absolute Gasteiger partial charge is 0.360 e. The summed E-state index contributed by atoms with van der Waals surface area (Å²) in [4.78, 5) is 7.48. The van der Waals surface area contributed by atoms with Crippen molar-refractivity contribution in [3.63, 3.8) is 0 Å². The van der Waals surface area contributed by atoms with Crippen LogP contribution >= 0.6 is 0 Å². The van der Waals surface area contributed by atoms with Crippen molar-refractivity contribution in [2.24, 2.45) is 12.8 Å².